The maximum absolute atomic E-state index is 12.1. The van der Waals surface area contributed by atoms with E-state index in [1.54, 1.807) is 12.3 Å². The van der Waals surface area contributed by atoms with Gasteiger partial charge in [-0.25, -0.2) is 9.59 Å². The van der Waals surface area contributed by atoms with Crippen molar-refractivity contribution in [2.75, 3.05) is 0 Å². The third-order valence-corrected chi connectivity index (χ3v) is 3.88. The van der Waals surface area contributed by atoms with Crippen LogP contribution in [0.1, 0.15) is 18.4 Å². The highest BCUT2D eigenvalue weighted by atomic mass is 32.1. The Labute approximate surface area is 105 Å². The molecule has 0 aromatic carbocycles. The molecule has 1 fully saturated rings. The fourth-order valence-corrected chi connectivity index (χ4v) is 2.63. The Kier molecular flexibility index (Phi) is 2.37. The third kappa shape index (κ3) is 1.67. The summed E-state index contributed by atoms with van der Waals surface area (Å²) in [7, 11) is 0. The lowest BCUT2D eigenvalue weighted by atomic mass is 10.3. The van der Waals surface area contributed by atoms with E-state index in [-0.39, 0.29) is 5.92 Å². The second-order valence-corrected chi connectivity index (χ2v) is 5.22. The summed E-state index contributed by atoms with van der Waals surface area (Å²) in [6.07, 6.45) is 1.51. The maximum atomic E-state index is 12.1. The van der Waals surface area contributed by atoms with Gasteiger partial charge in [-0.3, -0.25) is 9.78 Å². The van der Waals surface area contributed by atoms with E-state index in [0.29, 0.717) is 14.9 Å². The SMILES string of the molecule is Cc1csc2[nH]c(=O)n(OC(=O)C3CC3)c(=O)c12. The minimum atomic E-state index is -0.719. The Bertz CT molecular complexity index is 750. The summed E-state index contributed by atoms with van der Waals surface area (Å²) in [5.74, 6) is -0.689. The van der Waals surface area contributed by atoms with E-state index in [1.165, 1.54) is 11.3 Å². The molecule has 0 saturated heterocycles. The molecule has 0 amide bonds. The molecule has 7 heteroatoms. The highest BCUT2D eigenvalue weighted by Crippen LogP contribution is 2.29. The molecule has 2 heterocycles. The second-order valence-electron chi connectivity index (χ2n) is 4.34. The Hall–Kier alpha value is -1.89. The highest BCUT2D eigenvalue weighted by molar-refractivity contribution is 7.16. The van der Waals surface area contributed by atoms with Gasteiger partial charge < -0.3 is 4.84 Å². The smallest absolute Gasteiger partial charge is 0.328 e. The number of fused-ring (bicyclic) bond motifs is 1. The number of thiophene rings is 1. The number of carbonyl (C=O) groups excluding carboxylic acids is 1. The number of nitrogens with one attached hydrogen (secondary N) is 1. The van der Waals surface area contributed by atoms with Crippen molar-refractivity contribution in [1.82, 2.24) is 9.71 Å². The zero-order chi connectivity index (χ0) is 12.9. The van der Waals surface area contributed by atoms with E-state index < -0.39 is 17.2 Å². The number of rotatable bonds is 2. The van der Waals surface area contributed by atoms with Crippen molar-refractivity contribution >= 4 is 27.5 Å². The van der Waals surface area contributed by atoms with Gasteiger partial charge in [0.25, 0.3) is 5.56 Å². The van der Waals surface area contributed by atoms with E-state index in [2.05, 4.69) is 4.98 Å². The zero-order valence-electron chi connectivity index (χ0n) is 9.56. The molecule has 1 aliphatic rings. The van der Waals surface area contributed by atoms with E-state index in [0.717, 1.165) is 18.4 Å². The van der Waals surface area contributed by atoms with E-state index >= 15 is 0 Å². The molecule has 1 saturated carbocycles. The van der Waals surface area contributed by atoms with Crippen LogP contribution in [0.2, 0.25) is 0 Å². The number of hydrogen-bond acceptors (Lipinski definition) is 5. The minimum absolute atomic E-state index is 0.171. The molecule has 3 rings (SSSR count). The lowest BCUT2D eigenvalue weighted by Gasteiger charge is -2.04. The summed E-state index contributed by atoms with van der Waals surface area (Å²) in [6.45, 7) is 1.77. The number of aryl methyl sites for hydroxylation is 1. The van der Waals surface area contributed by atoms with Gasteiger partial charge in [-0.1, -0.05) is 4.73 Å². The average molecular weight is 266 g/mol. The first-order valence-corrected chi connectivity index (χ1v) is 6.41. The minimum Gasteiger partial charge on any atom is -0.328 e. The number of H-pyrrole nitrogens is 1. The summed E-state index contributed by atoms with van der Waals surface area (Å²) in [5, 5.41) is 2.16. The van der Waals surface area contributed by atoms with Crippen LogP contribution in [0.25, 0.3) is 10.2 Å². The fourth-order valence-electron chi connectivity index (χ4n) is 1.71. The predicted molar refractivity (Wildman–Crippen MR) is 65.8 cm³/mol. The average Bonchev–Trinajstić information content (AvgIpc) is 3.10. The van der Waals surface area contributed by atoms with Gasteiger partial charge in [0.15, 0.2) is 0 Å². The molecule has 0 atom stereocenters. The van der Waals surface area contributed by atoms with Crippen molar-refractivity contribution in [3.63, 3.8) is 0 Å². The monoisotopic (exact) mass is 266 g/mol. The van der Waals surface area contributed by atoms with Crippen LogP contribution in [-0.4, -0.2) is 15.7 Å². The largest absolute Gasteiger partial charge is 0.363 e. The van der Waals surface area contributed by atoms with Gasteiger partial charge in [0.1, 0.15) is 4.83 Å². The molecule has 1 N–H and O–H groups in total. The molecule has 0 aliphatic heterocycles. The van der Waals surface area contributed by atoms with Gasteiger partial charge in [0, 0.05) is 0 Å². The van der Waals surface area contributed by atoms with Crippen LogP contribution in [0.4, 0.5) is 0 Å². The summed E-state index contributed by atoms with van der Waals surface area (Å²) >= 11 is 1.28. The van der Waals surface area contributed by atoms with Gasteiger partial charge in [-0.2, -0.15) is 0 Å². The molecule has 0 bridgehead atoms. The van der Waals surface area contributed by atoms with Crippen molar-refractivity contribution in [3.05, 3.63) is 31.8 Å². The molecule has 6 nitrogen and oxygen atoms in total. The Morgan fingerprint density at radius 3 is 2.89 bits per heavy atom. The molecule has 0 spiro atoms. The van der Waals surface area contributed by atoms with E-state index in [1.807, 2.05) is 0 Å². The normalized spacial score (nSPS) is 14.9. The quantitative estimate of drug-likeness (QED) is 0.854. The molecule has 0 radical (unpaired) electrons. The van der Waals surface area contributed by atoms with E-state index in [9.17, 15) is 14.4 Å². The number of carbonyl (C=O) groups is 1. The summed E-state index contributed by atoms with van der Waals surface area (Å²) in [5.41, 5.74) is -0.544. The van der Waals surface area contributed by atoms with Gasteiger partial charge in [-0.05, 0) is 30.7 Å². The first-order chi connectivity index (χ1) is 8.58. The first kappa shape index (κ1) is 11.2. The van der Waals surface area contributed by atoms with Crippen molar-refractivity contribution in [2.24, 2.45) is 5.92 Å². The molecule has 2 aromatic rings. The fraction of sp³-hybridized carbons (Fsp3) is 0.364. The lowest BCUT2D eigenvalue weighted by molar-refractivity contribution is -0.146. The van der Waals surface area contributed by atoms with Crippen molar-refractivity contribution in [1.29, 1.82) is 0 Å². The van der Waals surface area contributed by atoms with E-state index in [4.69, 9.17) is 4.84 Å². The van der Waals surface area contributed by atoms with Gasteiger partial charge in [0.05, 0.1) is 11.3 Å². The first-order valence-electron chi connectivity index (χ1n) is 5.53. The number of nitrogens with zero attached hydrogens (tertiary/aromatic N) is 1. The standard InChI is InChI=1S/C11H10N2O4S/c1-5-4-18-8-7(5)9(14)13(11(16)12-8)17-10(15)6-2-3-6/h4,6H,2-3H2,1H3,(H,12,16). The molecular weight excluding hydrogens is 256 g/mol. The zero-order valence-corrected chi connectivity index (χ0v) is 10.4. The topological polar surface area (TPSA) is 81.2 Å². The van der Waals surface area contributed by atoms with Crippen LogP contribution < -0.4 is 16.1 Å². The Morgan fingerprint density at radius 2 is 2.22 bits per heavy atom. The van der Waals surface area contributed by atoms with Gasteiger partial charge in [0.2, 0.25) is 0 Å². The van der Waals surface area contributed by atoms with Crippen LogP contribution in [-0.2, 0) is 4.79 Å². The molecule has 94 valence electrons. The van der Waals surface area contributed by atoms with Crippen molar-refractivity contribution < 1.29 is 9.63 Å². The molecular formula is C11H10N2O4S. The molecule has 1 aliphatic carbocycles. The highest BCUT2D eigenvalue weighted by Gasteiger charge is 2.33. The third-order valence-electron chi connectivity index (χ3n) is 2.87. The van der Waals surface area contributed by atoms with Crippen molar-refractivity contribution in [3.8, 4) is 0 Å². The summed E-state index contributed by atoms with van der Waals surface area (Å²) in [6, 6.07) is 0. The molecule has 2 aromatic heterocycles. The van der Waals surface area contributed by atoms with Crippen LogP contribution in [0.5, 0.6) is 0 Å². The Morgan fingerprint density at radius 1 is 1.50 bits per heavy atom. The number of aromatic amines is 1. The lowest BCUT2D eigenvalue weighted by Crippen LogP contribution is -2.42. The summed E-state index contributed by atoms with van der Waals surface area (Å²) in [4.78, 5) is 43.2. The van der Waals surface area contributed by atoms with Crippen molar-refractivity contribution in [2.45, 2.75) is 19.8 Å². The van der Waals surface area contributed by atoms with Crippen LogP contribution in [0.15, 0.2) is 15.0 Å². The van der Waals surface area contributed by atoms with Crippen LogP contribution >= 0.6 is 11.3 Å². The molecule has 0 unspecified atom stereocenters. The predicted octanol–water partition coefficient (Wildman–Crippen LogP) is 0.425. The van der Waals surface area contributed by atoms with Crippen LogP contribution in [0.3, 0.4) is 0 Å². The molecule has 18 heavy (non-hydrogen) atoms. The maximum Gasteiger partial charge on any atom is 0.363 e. The van der Waals surface area contributed by atoms with Crippen LogP contribution in [0, 0.1) is 12.8 Å². The second kappa shape index (κ2) is 3.81. The number of aromatic nitrogens is 2. The number of hydrogen-bond donors (Lipinski definition) is 1. The van der Waals surface area contributed by atoms with Gasteiger partial charge >= 0.3 is 11.7 Å². The summed E-state index contributed by atoms with van der Waals surface area (Å²) < 4.78 is 0.517. The van der Waals surface area contributed by atoms with Gasteiger partial charge in [-0.15, -0.1) is 11.3 Å². The Balaban J connectivity index is 2.15.